The van der Waals surface area contributed by atoms with E-state index in [4.69, 9.17) is 10.1 Å². The van der Waals surface area contributed by atoms with Crippen molar-refractivity contribution in [3.05, 3.63) is 67.1 Å². The SMILES string of the molecule is CC.c1cc(NC2CC3(CNC3)C2)nc(-c2cnc3ccc(-c4cnn5ccccc45)nn23)c1. The number of rotatable bonds is 4. The zero-order chi connectivity index (χ0) is 23.1. The topological polar surface area (TPSA) is 84.4 Å². The normalized spacial score (nSPS) is 16.6. The van der Waals surface area contributed by atoms with Crippen LogP contribution >= 0.6 is 0 Å². The van der Waals surface area contributed by atoms with Crippen LogP contribution in [0.1, 0.15) is 26.7 Å². The molecule has 1 aliphatic heterocycles. The highest BCUT2D eigenvalue weighted by molar-refractivity contribution is 5.78. The summed E-state index contributed by atoms with van der Waals surface area (Å²) in [5.41, 5.74) is 5.90. The summed E-state index contributed by atoms with van der Waals surface area (Å²) in [6, 6.07) is 16.6. The van der Waals surface area contributed by atoms with Gasteiger partial charge < -0.3 is 10.6 Å². The Kier molecular flexibility index (Phi) is 5.03. The summed E-state index contributed by atoms with van der Waals surface area (Å²) in [6.07, 6.45) is 8.06. The van der Waals surface area contributed by atoms with Gasteiger partial charge in [0.15, 0.2) is 5.65 Å². The molecule has 172 valence electrons. The van der Waals surface area contributed by atoms with E-state index in [0.29, 0.717) is 11.5 Å². The van der Waals surface area contributed by atoms with Gasteiger partial charge in [0, 0.05) is 30.9 Å². The monoisotopic (exact) mass is 452 g/mol. The number of anilines is 1. The van der Waals surface area contributed by atoms with Gasteiger partial charge in [0.25, 0.3) is 0 Å². The molecule has 1 spiro atoms. The predicted octanol–water partition coefficient (Wildman–Crippen LogP) is 4.30. The molecule has 8 heteroatoms. The Balaban J connectivity index is 0.00000106. The molecule has 0 bridgehead atoms. The number of pyridine rings is 2. The molecule has 7 rings (SSSR count). The molecular formula is C26H28N8. The van der Waals surface area contributed by atoms with Gasteiger partial charge in [0.2, 0.25) is 0 Å². The second kappa shape index (κ2) is 8.22. The summed E-state index contributed by atoms with van der Waals surface area (Å²) in [5.74, 6) is 0.906. The van der Waals surface area contributed by atoms with E-state index in [1.54, 1.807) is 0 Å². The lowest BCUT2D eigenvalue weighted by Crippen LogP contribution is -2.63. The Hall–Kier alpha value is -3.78. The van der Waals surface area contributed by atoms with Crippen molar-refractivity contribution < 1.29 is 0 Å². The highest BCUT2D eigenvalue weighted by atomic mass is 15.3. The van der Waals surface area contributed by atoms with Crippen molar-refractivity contribution >= 4 is 17.0 Å². The summed E-state index contributed by atoms with van der Waals surface area (Å²) in [4.78, 5) is 9.42. The van der Waals surface area contributed by atoms with Crippen LogP contribution in [0.2, 0.25) is 0 Å². The number of imidazole rings is 1. The third-order valence-corrected chi connectivity index (χ3v) is 6.79. The quantitative estimate of drug-likeness (QED) is 0.423. The second-order valence-electron chi connectivity index (χ2n) is 8.98. The summed E-state index contributed by atoms with van der Waals surface area (Å²) in [6.45, 7) is 6.31. The fourth-order valence-corrected chi connectivity index (χ4v) is 5.05. The highest BCUT2D eigenvalue weighted by Crippen LogP contribution is 2.45. The molecule has 8 nitrogen and oxygen atoms in total. The van der Waals surface area contributed by atoms with E-state index in [9.17, 15) is 0 Å². The molecule has 5 aromatic heterocycles. The van der Waals surface area contributed by atoms with Crippen molar-refractivity contribution in [2.24, 2.45) is 5.41 Å². The maximum atomic E-state index is 4.89. The van der Waals surface area contributed by atoms with Crippen LogP contribution in [0.15, 0.2) is 67.1 Å². The van der Waals surface area contributed by atoms with E-state index in [0.717, 1.165) is 52.7 Å². The van der Waals surface area contributed by atoms with Crippen molar-refractivity contribution in [2.45, 2.75) is 32.7 Å². The lowest BCUT2D eigenvalue weighted by Gasteiger charge is -2.54. The standard InChI is InChI=1S/C24H22N8.C2H6/c1-2-9-31-20(5-1)17(12-27-31)18-7-8-23-26-13-21(32(23)30-18)19-4-3-6-22(29-19)28-16-10-24(11-16)14-25-15-24;1-2/h1-9,12-13,16,25H,10-11,14-15H2,(H,28,29);1-2H3. The smallest absolute Gasteiger partial charge is 0.154 e. The van der Waals surface area contributed by atoms with E-state index in [-0.39, 0.29) is 0 Å². The first kappa shape index (κ1) is 20.8. The average Bonchev–Trinajstić information content (AvgIpc) is 3.45. The van der Waals surface area contributed by atoms with Crippen LogP contribution < -0.4 is 10.6 Å². The van der Waals surface area contributed by atoms with Gasteiger partial charge in [-0.15, -0.1) is 0 Å². The van der Waals surface area contributed by atoms with E-state index in [1.165, 1.54) is 12.8 Å². The number of fused-ring (bicyclic) bond motifs is 2. The fraction of sp³-hybridized carbons (Fsp3) is 0.308. The van der Waals surface area contributed by atoms with Crippen molar-refractivity contribution in [2.75, 3.05) is 18.4 Å². The molecular weight excluding hydrogens is 424 g/mol. The van der Waals surface area contributed by atoms with Crippen LogP contribution in [0.4, 0.5) is 5.82 Å². The van der Waals surface area contributed by atoms with Crippen molar-refractivity contribution in [1.29, 1.82) is 0 Å². The zero-order valence-corrected chi connectivity index (χ0v) is 19.4. The Morgan fingerprint density at radius 2 is 1.85 bits per heavy atom. The van der Waals surface area contributed by atoms with Crippen molar-refractivity contribution in [3.63, 3.8) is 0 Å². The van der Waals surface area contributed by atoms with Crippen LogP contribution in [0, 0.1) is 5.41 Å². The molecule has 2 aliphatic rings. The lowest BCUT2D eigenvalue weighted by molar-refractivity contribution is 0.0469. The van der Waals surface area contributed by atoms with E-state index in [1.807, 2.05) is 90.0 Å². The highest BCUT2D eigenvalue weighted by Gasteiger charge is 2.48. The van der Waals surface area contributed by atoms with Crippen LogP contribution in [-0.2, 0) is 0 Å². The molecule has 1 aliphatic carbocycles. The van der Waals surface area contributed by atoms with Crippen LogP contribution in [0.5, 0.6) is 0 Å². The minimum absolute atomic E-state index is 0.502. The Morgan fingerprint density at radius 1 is 0.971 bits per heavy atom. The van der Waals surface area contributed by atoms with Crippen LogP contribution in [0.25, 0.3) is 33.8 Å². The number of aromatic nitrogens is 6. The molecule has 2 fully saturated rings. The van der Waals surface area contributed by atoms with Gasteiger partial charge in [0.05, 0.1) is 29.3 Å². The maximum absolute atomic E-state index is 4.89. The number of nitrogens with zero attached hydrogens (tertiary/aromatic N) is 6. The van der Waals surface area contributed by atoms with E-state index < -0.39 is 0 Å². The molecule has 1 saturated carbocycles. The number of hydrogen-bond acceptors (Lipinski definition) is 6. The minimum atomic E-state index is 0.502. The van der Waals surface area contributed by atoms with Crippen LogP contribution in [-0.4, -0.2) is 48.3 Å². The fourth-order valence-electron chi connectivity index (χ4n) is 5.05. The van der Waals surface area contributed by atoms with Crippen molar-refractivity contribution in [3.8, 4) is 22.6 Å². The Labute approximate surface area is 198 Å². The van der Waals surface area contributed by atoms with Gasteiger partial charge in [-0.25, -0.2) is 19.0 Å². The van der Waals surface area contributed by atoms with Gasteiger partial charge in [0.1, 0.15) is 11.5 Å². The third-order valence-electron chi connectivity index (χ3n) is 6.79. The molecule has 0 atom stereocenters. The molecule has 6 heterocycles. The van der Waals surface area contributed by atoms with Crippen molar-refractivity contribution in [1.82, 2.24) is 34.5 Å². The molecule has 0 aromatic carbocycles. The Bertz CT molecular complexity index is 1450. The van der Waals surface area contributed by atoms with Gasteiger partial charge in [-0.2, -0.15) is 10.2 Å². The molecule has 1 saturated heterocycles. The molecule has 0 amide bonds. The summed E-state index contributed by atoms with van der Waals surface area (Å²) in [7, 11) is 0. The lowest BCUT2D eigenvalue weighted by atomic mass is 9.62. The molecule has 2 N–H and O–H groups in total. The minimum Gasteiger partial charge on any atom is -0.367 e. The first-order valence-corrected chi connectivity index (χ1v) is 12.0. The average molecular weight is 453 g/mol. The third kappa shape index (κ3) is 3.42. The van der Waals surface area contributed by atoms with Gasteiger partial charge in [-0.3, -0.25) is 0 Å². The van der Waals surface area contributed by atoms with Crippen LogP contribution in [0.3, 0.4) is 0 Å². The van der Waals surface area contributed by atoms with E-state index >= 15 is 0 Å². The second-order valence-corrected chi connectivity index (χ2v) is 8.98. The Morgan fingerprint density at radius 3 is 2.68 bits per heavy atom. The predicted molar refractivity (Wildman–Crippen MR) is 134 cm³/mol. The molecule has 0 radical (unpaired) electrons. The molecule has 34 heavy (non-hydrogen) atoms. The molecule has 5 aromatic rings. The maximum Gasteiger partial charge on any atom is 0.154 e. The van der Waals surface area contributed by atoms with Gasteiger partial charge in [-0.1, -0.05) is 26.0 Å². The summed E-state index contributed by atoms with van der Waals surface area (Å²) < 4.78 is 3.73. The summed E-state index contributed by atoms with van der Waals surface area (Å²) in [5, 5.41) is 16.3. The molecule has 0 unspecified atom stereocenters. The largest absolute Gasteiger partial charge is 0.367 e. The summed E-state index contributed by atoms with van der Waals surface area (Å²) >= 11 is 0. The zero-order valence-electron chi connectivity index (χ0n) is 19.4. The number of nitrogens with one attached hydrogen (secondary N) is 2. The van der Waals surface area contributed by atoms with Gasteiger partial charge >= 0.3 is 0 Å². The first-order chi connectivity index (χ1) is 16.8. The number of hydrogen-bond donors (Lipinski definition) is 2. The van der Waals surface area contributed by atoms with Gasteiger partial charge in [-0.05, 0) is 54.7 Å². The van der Waals surface area contributed by atoms with E-state index in [2.05, 4.69) is 20.7 Å². The first-order valence-electron chi connectivity index (χ1n) is 12.0.